The summed E-state index contributed by atoms with van der Waals surface area (Å²) in [6.07, 6.45) is -1.05. The zero-order valence-electron chi connectivity index (χ0n) is 10.2. The molecule has 1 aromatic carbocycles. The van der Waals surface area contributed by atoms with Crippen molar-refractivity contribution in [3.05, 3.63) is 41.7 Å². The summed E-state index contributed by atoms with van der Waals surface area (Å²) in [7, 11) is 0. The SMILES string of the molecule is NC1C=CC(C(=O)Nc2cc(C(F)(F)F)ccc2F)C1. The standard InChI is InChI=1S/C13H12F4N2O/c14-10-4-2-8(13(15,16)17)6-11(10)19-12(20)7-1-3-9(18)5-7/h1-4,6-7,9H,5,18H2,(H,19,20). The van der Waals surface area contributed by atoms with Gasteiger partial charge in [-0.25, -0.2) is 4.39 Å². The molecule has 3 N–H and O–H groups in total. The summed E-state index contributed by atoms with van der Waals surface area (Å²) in [6.45, 7) is 0. The Bertz CT molecular complexity index is 554. The van der Waals surface area contributed by atoms with Gasteiger partial charge in [-0.2, -0.15) is 13.2 Å². The van der Waals surface area contributed by atoms with Gasteiger partial charge in [0.05, 0.1) is 17.2 Å². The van der Waals surface area contributed by atoms with Crippen LogP contribution in [0, 0.1) is 11.7 Å². The lowest BCUT2D eigenvalue weighted by atomic mass is 10.1. The monoisotopic (exact) mass is 288 g/mol. The van der Waals surface area contributed by atoms with Crippen LogP contribution >= 0.6 is 0 Å². The van der Waals surface area contributed by atoms with E-state index in [2.05, 4.69) is 5.32 Å². The first-order chi connectivity index (χ1) is 9.27. The number of halogens is 4. The minimum absolute atomic E-state index is 0.267. The van der Waals surface area contributed by atoms with Gasteiger partial charge in [0.25, 0.3) is 0 Å². The van der Waals surface area contributed by atoms with Crippen LogP contribution in [0.5, 0.6) is 0 Å². The number of anilines is 1. The van der Waals surface area contributed by atoms with Gasteiger partial charge >= 0.3 is 6.18 Å². The molecule has 0 bridgehead atoms. The maximum absolute atomic E-state index is 13.5. The Hall–Kier alpha value is -1.89. The van der Waals surface area contributed by atoms with E-state index in [1.54, 1.807) is 12.2 Å². The normalized spacial score (nSPS) is 22.1. The Morgan fingerprint density at radius 1 is 1.30 bits per heavy atom. The number of amides is 1. The zero-order chi connectivity index (χ0) is 14.9. The van der Waals surface area contributed by atoms with Gasteiger partial charge in [0.1, 0.15) is 5.82 Å². The van der Waals surface area contributed by atoms with E-state index in [1.807, 2.05) is 0 Å². The van der Waals surface area contributed by atoms with E-state index in [0.29, 0.717) is 24.6 Å². The Kier molecular flexibility index (Phi) is 3.80. The van der Waals surface area contributed by atoms with E-state index in [0.717, 1.165) is 0 Å². The Balaban J connectivity index is 2.17. The van der Waals surface area contributed by atoms with Gasteiger partial charge in [-0.3, -0.25) is 4.79 Å². The molecule has 1 aromatic rings. The summed E-state index contributed by atoms with van der Waals surface area (Å²) in [5.74, 6) is -2.05. The lowest BCUT2D eigenvalue weighted by molar-refractivity contribution is -0.137. The van der Waals surface area contributed by atoms with Crippen LogP contribution in [0.2, 0.25) is 0 Å². The van der Waals surface area contributed by atoms with E-state index in [9.17, 15) is 22.4 Å². The summed E-state index contributed by atoms with van der Waals surface area (Å²) in [6, 6.07) is 1.61. The number of carbonyl (C=O) groups is 1. The Labute approximate surface area is 112 Å². The number of nitrogens with two attached hydrogens (primary N) is 1. The van der Waals surface area contributed by atoms with Gasteiger partial charge in [0, 0.05) is 6.04 Å². The summed E-state index contributed by atoms with van der Waals surface area (Å²) >= 11 is 0. The second-order valence-electron chi connectivity index (χ2n) is 4.57. The molecule has 1 aliphatic carbocycles. The van der Waals surface area contributed by atoms with Crippen molar-refractivity contribution in [3.63, 3.8) is 0 Å². The van der Waals surface area contributed by atoms with Crippen LogP contribution in [0.25, 0.3) is 0 Å². The predicted molar refractivity (Wildman–Crippen MR) is 65.3 cm³/mol. The summed E-state index contributed by atoms with van der Waals surface area (Å²) in [5.41, 5.74) is 4.07. The lowest BCUT2D eigenvalue weighted by Gasteiger charge is -2.13. The number of carbonyl (C=O) groups excluding carboxylic acids is 1. The van der Waals surface area contributed by atoms with Gasteiger partial charge in [0.15, 0.2) is 0 Å². The largest absolute Gasteiger partial charge is 0.416 e. The number of nitrogens with one attached hydrogen (secondary N) is 1. The number of alkyl halides is 3. The fourth-order valence-electron chi connectivity index (χ4n) is 1.94. The average Bonchev–Trinajstić information content (AvgIpc) is 2.77. The highest BCUT2D eigenvalue weighted by atomic mass is 19.4. The van der Waals surface area contributed by atoms with Crippen LogP contribution in [0.4, 0.5) is 23.2 Å². The molecule has 0 heterocycles. The third-order valence-electron chi connectivity index (χ3n) is 3.01. The van der Waals surface area contributed by atoms with Gasteiger partial charge in [-0.15, -0.1) is 0 Å². The van der Waals surface area contributed by atoms with Crippen molar-refractivity contribution in [2.75, 3.05) is 5.32 Å². The first-order valence-electron chi connectivity index (χ1n) is 5.89. The first-order valence-corrected chi connectivity index (χ1v) is 5.89. The highest BCUT2D eigenvalue weighted by Crippen LogP contribution is 2.32. The van der Waals surface area contributed by atoms with Gasteiger partial charge in [-0.05, 0) is 24.6 Å². The quantitative estimate of drug-likeness (QED) is 0.649. The van der Waals surface area contributed by atoms with Crippen molar-refractivity contribution in [2.45, 2.75) is 18.6 Å². The molecule has 2 unspecified atom stereocenters. The molecule has 0 fully saturated rings. The third-order valence-corrected chi connectivity index (χ3v) is 3.01. The van der Waals surface area contributed by atoms with E-state index in [-0.39, 0.29) is 6.04 Å². The van der Waals surface area contributed by atoms with Gasteiger partial charge in [0.2, 0.25) is 5.91 Å². The van der Waals surface area contributed by atoms with Crippen LogP contribution in [-0.2, 0) is 11.0 Å². The van der Waals surface area contributed by atoms with Crippen molar-refractivity contribution in [1.29, 1.82) is 0 Å². The third kappa shape index (κ3) is 3.16. The number of benzene rings is 1. The smallest absolute Gasteiger partial charge is 0.324 e. The maximum Gasteiger partial charge on any atom is 0.416 e. The second kappa shape index (κ2) is 5.24. The molecule has 20 heavy (non-hydrogen) atoms. The molecule has 0 saturated carbocycles. The molecular weight excluding hydrogens is 276 g/mol. The fraction of sp³-hybridized carbons (Fsp3) is 0.308. The van der Waals surface area contributed by atoms with Gasteiger partial charge in [-0.1, -0.05) is 12.2 Å². The topological polar surface area (TPSA) is 55.1 Å². The van der Waals surface area contributed by atoms with Crippen LogP contribution in [0.15, 0.2) is 30.4 Å². The molecule has 0 radical (unpaired) electrons. The molecule has 7 heteroatoms. The minimum atomic E-state index is -4.59. The van der Waals surface area contributed by atoms with E-state index in [1.165, 1.54) is 0 Å². The Morgan fingerprint density at radius 3 is 2.55 bits per heavy atom. The first kappa shape index (κ1) is 14.5. The van der Waals surface area contributed by atoms with Crippen molar-refractivity contribution in [2.24, 2.45) is 11.7 Å². The van der Waals surface area contributed by atoms with Crippen molar-refractivity contribution >= 4 is 11.6 Å². The molecule has 0 spiro atoms. The molecule has 2 atom stereocenters. The van der Waals surface area contributed by atoms with Crippen molar-refractivity contribution in [1.82, 2.24) is 0 Å². The maximum atomic E-state index is 13.5. The van der Waals surface area contributed by atoms with E-state index in [4.69, 9.17) is 5.73 Å². The summed E-state index contributed by atoms with van der Waals surface area (Å²) in [5, 5.41) is 2.16. The highest BCUT2D eigenvalue weighted by Gasteiger charge is 2.31. The van der Waals surface area contributed by atoms with Crippen LogP contribution in [0.3, 0.4) is 0 Å². The highest BCUT2D eigenvalue weighted by molar-refractivity contribution is 5.94. The molecule has 108 valence electrons. The zero-order valence-corrected chi connectivity index (χ0v) is 10.2. The molecular formula is C13H12F4N2O. The fourth-order valence-corrected chi connectivity index (χ4v) is 1.94. The second-order valence-corrected chi connectivity index (χ2v) is 4.57. The predicted octanol–water partition coefficient (Wildman–Crippen LogP) is 2.69. The lowest BCUT2D eigenvalue weighted by Crippen LogP contribution is -2.24. The van der Waals surface area contributed by atoms with Crippen molar-refractivity contribution in [3.8, 4) is 0 Å². The van der Waals surface area contributed by atoms with Crippen LogP contribution < -0.4 is 11.1 Å². The molecule has 0 saturated heterocycles. The molecule has 0 aliphatic heterocycles. The molecule has 1 amide bonds. The minimum Gasteiger partial charge on any atom is -0.324 e. The molecule has 1 aliphatic rings. The van der Waals surface area contributed by atoms with Gasteiger partial charge < -0.3 is 11.1 Å². The van der Waals surface area contributed by atoms with E-state index >= 15 is 0 Å². The molecule has 2 rings (SSSR count). The van der Waals surface area contributed by atoms with Crippen LogP contribution in [-0.4, -0.2) is 11.9 Å². The summed E-state index contributed by atoms with van der Waals surface area (Å²) in [4.78, 5) is 11.8. The molecule has 3 nitrogen and oxygen atoms in total. The van der Waals surface area contributed by atoms with Crippen LogP contribution in [0.1, 0.15) is 12.0 Å². The van der Waals surface area contributed by atoms with E-state index < -0.39 is 35.1 Å². The Morgan fingerprint density at radius 2 is 2.00 bits per heavy atom. The van der Waals surface area contributed by atoms with Crippen molar-refractivity contribution < 1.29 is 22.4 Å². The number of hydrogen-bond donors (Lipinski definition) is 2. The molecule has 0 aromatic heterocycles. The number of rotatable bonds is 2. The average molecular weight is 288 g/mol. The summed E-state index contributed by atoms with van der Waals surface area (Å²) < 4.78 is 51.0. The number of hydrogen-bond acceptors (Lipinski definition) is 2.